The molecular formula is C7H12BrN2O5-. The Kier molecular flexibility index (Phi) is 4.95. The Morgan fingerprint density at radius 2 is 2.00 bits per heavy atom. The van der Waals surface area contributed by atoms with Crippen LogP contribution in [0, 0.1) is 20.5 Å². The first kappa shape index (κ1) is 14.1. The third-order valence-electron chi connectivity index (χ3n) is 1.84. The molecule has 0 rings (SSSR count). The maximum absolute atomic E-state index is 10.7. The highest BCUT2D eigenvalue weighted by molar-refractivity contribution is 9.10. The first-order valence-corrected chi connectivity index (χ1v) is 4.97. The molecule has 0 bridgehead atoms. The minimum absolute atomic E-state index is 0.158. The van der Waals surface area contributed by atoms with E-state index in [1.807, 2.05) is 0 Å². The Morgan fingerprint density at radius 3 is 2.27 bits per heavy atom. The van der Waals surface area contributed by atoms with Crippen LogP contribution in [-0.4, -0.2) is 32.7 Å². The summed E-state index contributed by atoms with van der Waals surface area (Å²) in [5, 5.41) is 31.8. The number of halogens is 1. The Hall–Kier alpha value is -0.890. The van der Waals surface area contributed by atoms with Gasteiger partial charge in [-0.3, -0.25) is 10.1 Å². The molecule has 0 aromatic heterocycles. The van der Waals surface area contributed by atoms with Gasteiger partial charge in [0.15, 0.2) is 0 Å². The van der Waals surface area contributed by atoms with Gasteiger partial charge in [-0.05, 0) is 6.92 Å². The highest BCUT2D eigenvalue weighted by atomic mass is 79.9. The number of alkyl halides is 1. The Morgan fingerprint density at radius 1 is 1.53 bits per heavy atom. The topological polar surface area (TPSA) is 102 Å². The lowest BCUT2D eigenvalue weighted by atomic mass is 10.1. The second-order valence-electron chi connectivity index (χ2n) is 3.01. The van der Waals surface area contributed by atoms with E-state index in [-0.39, 0.29) is 12.3 Å². The lowest BCUT2D eigenvalue weighted by Crippen LogP contribution is -2.48. The van der Waals surface area contributed by atoms with Gasteiger partial charge in [-0.2, -0.15) is 4.90 Å². The van der Waals surface area contributed by atoms with Gasteiger partial charge in [0.05, 0.1) is 0 Å². The average Bonchev–Trinajstić information content (AvgIpc) is 2.12. The molecule has 0 spiro atoms. The van der Waals surface area contributed by atoms with Crippen molar-refractivity contribution in [3.63, 3.8) is 0 Å². The highest BCUT2D eigenvalue weighted by Crippen LogP contribution is 2.26. The fourth-order valence-electron chi connectivity index (χ4n) is 1.01. The van der Waals surface area contributed by atoms with Gasteiger partial charge in [-0.25, -0.2) is 0 Å². The second kappa shape index (κ2) is 5.26. The van der Waals surface area contributed by atoms with E-state index < -0.39 is 20.4 Å². The zero-order chi connectivity index (χ0) is 12.2. The van der Waals surface area contributed by atoms with Crippen molar-refractivity contribution in [1.82, 2.24) is 0 Å². The molecule has 1 unspecified atom stereocenters. The van der Waals surface area contributed by atoms with E-state index in [0.717, 1.165) is 0 Å². The van der Waals surface area contributed by atoms with Gasteiger partial charge in [0.2, 0.25) is 11.8 Å². The lowest BCUT2D eigenvalue weighted by molar-refractivity contribution is -0.542. The number of hydrogen-bond donors (Lipinski definition) is 0. The van der Waals surface area contributed by atoms with E-state index in [0.29, 0.717) is 0 Å². The largest absolute Gasteiger partial charge is 0.612 e. The van der Waals surface area contributed by atoms with Crippen molar-refractivity contribution < 1.29 is 14.6 Å². The molecule has 0 aliphatic heterocycles. The van der Waals surface area contributed by atoms with Crippen LogP contribution in [-0.2, 0) is 4.74 Å². The summed E-state index contributed by atoms with van der Waals surface area (Å²) in [5.74, 6) is 0. The van der Waals surface area contributed by atoms with Crippen LogP contribution in [0.1, 0.15) is 20.8 Å². The quantitative estimate of drug-likeness (QED) is 0.189. The van der Waals surface area contributed by atoms with Gasteiger partial charge in [0.1, 0.15) is 0 Å². The Balaban J connectivity index is 5.15. The monoisotopic (exact) mass is 283 g/mol. The third-order valence-corrected chi connectivity index (χ3v) is 2.54. The Labute approximate surface area is 95.2 Å². The minimum atomic E-state index is -1.69. The van der Waals surface area contributed by atoms with Crippen LogP contribution in [0.4, 0.5) is 0 Å². The van der Waals surface area contributed by atoms with Crippen molar-refractivity contribution in [3.05, 3.63) is 20.5 Å². The molecule has 2 atom stereocenters. The molecule has 88 valence electrons. The van der Waals surface area contributed by atoms with Crippen LogP contribution in [0.15, 0.2) is 0 Å². The lowest BCUT2D eigenvalue weighted by Gasteiger charge is -2.24. The fourth-order valence-corrected chi connectivity index (χ4v) is 1.48. The van der Waals surface area contributed by atoms with Crippen LogP contribution in [0.5, 0.6) is 0 Å². The van der Waals surface area contributed by atoms with Gasteiger partial charge >= 0.3 is 4.45 Å². The Bertz CT molecular complexity index is 275. The van der Waals surface area contributed by atoms with E-state index in [4.69, 9.17) is 4.74 Å². The molecule has 7 nitrogen and oxygen atoms in total. The molecule has 0 amide bonds. The fraction of sp³-hybridized carbons (Fsp3) is 0.857. The minimum Gasteiger partial charge on any atom is -0.612 e. The zero-order valence-corrected chi connectivity index (χ0v) is 10.2. The zero-order valence-electron chi connectivity index (χ0n) is 8.60. The van der Waals surface area contributed by atoms with E-state index in [2.05, 4.69) is 15.9 Å². The molecule has 0 radical (unpaired) electrons. The average molecular weight is 284 g/mol. The molecule has 0 heterocycles. The molecule has 0 aliphatic carbocycles. The number of rotatable bonds is 5. The van der Waals surface area contributed by atoms with Crippen LogP contribution in [0.25, 0.3) is 0 Å². The highest BCUT2D eigenvalue weighted by Gasteiger charge is 2.48. The van der Waals surface area contributed by atoms with Crippen molar-refractivity contribution in [1.29, 1.82) is 0 Å². The van der Waals surface area contributed by atoms with Crippen molar-refractivity contribution in [3.8, 4) is 0 Å². The van der Waals surface area contributed by atoms with Crippen LogP contribution < -0.4 is 0 Å². The van der Waals surface area contributed by atoms with E-state index in [9.17, 15) is 20.5 Å². The summed E-state index contributed by atoms with van der Waals surface area (Å²) in [6, 6.07) is 0. The molecule has 15 heavy (non-hydrogen) atoms. The molecule has 0 saturated heterocycles. The normalized spacial score (nSPS) is 16.5. The molecule has 0 aromatic rings. The van der Waals surface area contributed by atoms with E-state index in [1.54, 1.807) is 6.92 Å². The number of nitrogens with zero attached hydrogens (tertiary/aromatic N) is 2. The molecule has 0 aromatic carbocycles. The third kappa shape index (κ3) is 3.31. The number of ether oxygens (including phenoxy) is 1. The molecule has 8 heteroatoms. The summed E-state index contributed by atoms with van der Waals surface area (Å²) in [7, 11) is 0. The van der Waals surface area contributed by atoms with Gasteiger partial charge in [-0.1, -0.05) is 0 Å². The molecule has 0 aliphatic rings. The number of nitro groups is 1. The van der Waals surface area contributed by atoms with Crippen LogP contribution >= 0.6 is 15.9 Å². The van der Waals surface area contributed by atoms with Crippen molar-refractivity contribution in [2.45, 2.75) is 31.3 Å². The molecule has 0 fully saturated rings. The van der Waals surface area contributed by atoms with Crippen LogP contribution in [0.3, 0.4) is 0 Å². The second-order valence-corrected chi connectivity index (χ2v) is 4.62. The van der Waals surface area contributed by atoms with Gasteiger partial charge in [0.25, 0.3) is 0 Å². The maximum atomic E-state index is 10.7. The van der Waals surface area contributed by atoms with Crippen molar-refractivity contribution in [2.75, 3.05) is 6.61 Å². The predicted molar refractivity (Wildman–Crippen MR) is 57.4 cm³/mol. The first-order chi connectivity index (χ1) is 6.75. The van der Waals surface area contributed by atoms with E-state index >= 15 is 0 Å². The van der Waals surface area contributed by atoms with E-state index in [1.165, 1.54) is 13.8 Å². The molecule has 0 saturated carbocycles. The summed E-state index contributed by atoms with van der Waals surface area (Å²) in [4.78, 5) is 9.38. The summed E-state index contributed by atoms with van der Waals surface area (Å²) in [6.07, 6.45) is -1.20. The first-order valence-electron chi connectivity index (χ1n) is 4.18. The molecule has 0 N–H and O–H groups in total. The summed E-state index contributed by atoms with van der Waals surface area (Å²) in [6.45, 7) is 4.19. The SMILES string of the molecule is CCOC(C(C)=[N+]([O-])[O-])[C@](C)(Br)[N+](=O)[O-]. The standard InChI is InChI=1S/C7H12BrN2O5/c1-4-15-6(5(2)9(11)12)7(3,8)10(13)14/h6H,4H2,1-3H3/q-1/t6?,7-/m1/s1. The maximum Gasteiger partial charge on any atom is 0.307 e. The smallest absolute Gasteiger partial charge is 0.307 e. The number of hydrogen-bond acceptors (Lipinski definition) is 5. The summed E-state index contributed by atoms with van der Waals surface area (Å²) >= 11 is 2.83. The van der Waals surface area contributed by atoms with Gasteiger partial charge in [-0.15, -0.1) is 0 Å². The van der Waals surface area contributed by atoms with Gasteiger partial charge in [0, 0.05) is 41.3 Å². The molecular weight excluding hydrogens is 272 g/mol. The predicted octanol–water partition coefficient (Wildman–Crippen LogP) is 1.25. The summed E-state index contributed by atoms with van der Waals surface area (Å²) < 4.78 is 3.33. The summed E-state index contributed by atoms with van der Waals surface area (Å²) in [5.41, 5.74) is -0.298. The van der Waals surface area contributed by atoms with Gasteiger partial charge < -0.3 is 15.2 Å². The van der Waals surface area contributed by atoms with Crippen molar-refractivity contribution in [2.24, 2.45) is 0 Å². The van der Waals surface area contributed by atoms with Crippen LogP contribution in [0.2, 0.25) is 0 Å². The van der Waals surface area contributed by atoms with Crippen molar-refractivity contribution >= 4 is 21.6 Å².